The van der Waals surface area contributed by atoms with Crippen molar-refractivity contribution in [1.82, 2.24) is 10.6 Å². The van der Waals surface area contributed by atoms with Gasteiger partial charge >= 0.3 is 18.2 Å². The second kappa shape index (κ2) is 21.1. The van der Waals surface area contributed by atoms with E-state index in [0.29, 0.717) is 25.2 Å². The highest BCUT2D eigenvalue weighted by molar-refractivity contribution is 5.78. The van der Waals surface area contributed by atoms with Gasteiger partial charge in [-0.15, -0.1) is 0 Å². The van der Waals surface area contributed by atoms with Crippen molar-refractivity contribution in [2.45, 2.75) is 96.9 Å². The van der Waals surface area contributed by atoms with E-state index in [9.17, 15) is 14.4 Å². The van der Waals surface area contributed by atoms with E-state index in [4.69, 9.17) is 14.7 Å². The molecule has 0 bridgehead atoms. The number of rotatable bonds is 16. The highest BCUT2D eigenvalue weighted by Crippen LogP contribution is 2.08. The van der Waals surface area contributed by atoms with Gasteiger partial charge in [0.25, 0.3) is 0 Å². The number of hydrogen-bond acceptors (Lipinski definition) is 5. The first-order chi connectivity index (χ1) is 13.4. The Morgan fingerprint density at radius 1 is 0.893 bits per heavy atom. The highest BCUT2D eigenvalue weighted by atomic mass is 16.4. The molecule has 0 aromatic carbocycles. The van der Waals surface area contributed by atoms with Gasteiger partial charge in [-0.25, -0.2) is 4.79 Å². The van der Waals surface area contributed by atoms with Gasteiger partial charge in [-0.1, -0.05) is 39.0 Å². The van der Waals surface area contributed by atoms with E-state index >= 15 is 0 Å². The fourth-order valence-corrected chi connectivity index (χ4v) is 2.56. The van der Waals surface area contributed by atoms with Gasteiger partial charge in [-0.2, -0.15) is 9.59 Å². The van der Waals surface area contributed by atoms with Crippen LogP contribution in [0.4, 0.5) is 4.79 Å². The number of ketones is 1. The molecule has 8 nitrogen and oxygen atoms in total. The van der Waals surface area contributed by atoms with Crippen molar-refractivity contribution in [1.29, 1.82) is 0 Å². The van der Waals surface area contributed by atoms with Crippen LogP contribution in [0.3, 0.4) is 0 Å². The fourth-order valence-electron chi connectivity index (χ4n) is 2.56. The molecule has 0 radical (unpaired) electrons. The summed E-state index contributed by atoms with van der Waals surface area (Å²) < 4.78 is 0. The van der Waals surface area contributed by atoms with Crippen LogP contribution in [-0.2, 0) is 19.2 Å². The van der Waals surface area contributed by atoms with Crippen molar-refractivity contribution in [2.75, 3.05) is 6.54 Å². The van der Waals surface area contributed by atoms with Crippen LogP contribution >= 0.6 is 0 Å². The topological polar surface area (TPSA) is 130 Å². The molecule has 28 heavy (non-hydrogen) atoms. The van der Waals surface area contributed by atoms with E-state index in [1.165, 1.54) is 12.8 Å². The molecule has 0 aliphatic rings. The summed E-state index contributed by atoms with van der Waals surface area (Å²) in [6, 6.07) is -0.403. The molecular weight excluding hydrogens is 364 g/mol. The Hall–Kier alpha value is -2.21. The van der Waals surface area contributed by atoms with Gasteiger partial charge in [0.1, 0.15) is 5.78 Å². The Labute approximate surface area is 167 Å². The molecule has 1 atom stereocenters. The zero-order valence-corrected chi connectivity index (χ0v) is 17.3. The minimum atomic E-state index is -0.853. The molecule has 1 unspecified atom stereocenters. The molecule has 0 fully saturated rings. The van der Waals surface area contributed by atoms with Crippen LogP contribution in [0.25, 0.3) is 0 Å². The van der Waals surface area contributed by atoms with Crippen LogP contribution in [0.5, 0.6) is 0 Å². The van der Waals surface area contributed by atoms with Crippen LogP contribution in [0, 0.1) is 0 Å². The van der Waals surface area contributed by atoms with E-state index < -0.39 is 5.97 Å². The van der Waals surface area contributed by atoms with E-state index in [1.807, 2.05) is 0 Å². The van der Waals surface area contributed by atoms with E-state index in [0.717, 1.165) is 44.9 Å². The summed E-state index contributed by atoms with van der Waals surface area (Å²) in [5.74, 6) is -0.475. The lowest BCUT2D eigenvalue weighted by Gasteiger charge is -2.13. The van der Waals surface area contributed by atoms with Crippen LogP contribution in [-0.4, -0.2) is 41.6 Å². The molecule has 0 aliphatic carbocycles. The molecule has 0 spiro atoms. The SMILES string of the molecule is CCCCCCC(=O)CCCCCCNC(=O)NC(C)CCC(=O)O.O=C=O. The second-order valence-corrected chi connectivity index (χ2v) is 6.83. The number of nitrogens with one attached hydrogen (secondary N) is 2. The maximum absolute atomic E-state index is 11.7. The predicted molar refractivity (Wildman–Crippen MR) is 105 cm³/mol. The number of Topliss-reactive ketones (excluding diaryl/α,β-unsaturated/α-hetero) is 1. The second-order valence-electron chi connectivity index (χ2n) is 6.83. The Kier molecular flexibility index (Phi) is 21.1. The lowest BCUT2D eigenvalue weighted by Crippen LogP contribution is -2.41. The number of carboxylic acid groups (broad SMARTS) is 1. The molecule has 0 aromatic rings. The number of carbonyl (C=O) groups is 3. The van der Waals surface area contributed by atoms with Crippen LogP contribution in [0.2, 0.25) is 0 Å². The summed E-state index contributed by atoms with van der Waals surface area (Å²) in [6.07, 6.45) is 10.6. The Morgan fingerprint density at radius 2 is 1.43 bits per heavy atom. The zero-order chi connectivity index (χ0) is 21.6. The minimum Gasteiger partial charge on any atom is -0.481 e. The van der Waals surface area contributed by atoms with Gasteiger partial charge in [0.05, 0.1) is 0 Å². The summed E-state index contributed by atoms with van der Waals surface area (Å²) in [5.41, 5.74) is 0. The molecule has 3 N–H and O–H groups in total. The number of carboxylic acids is 1. The highest BCUT2D eigenvalue weighted by Gasteiger charge is 2.08. The molecular formula is C20H36N2O6. The largest absolute Gasteiger partial charge is 0.481 e. The van der Waals surface area contributed by atoms with Crippen molar-refractivity contribution in [3.8, 4) is 0 Å². The van der Waals surface area contributed by atoms with Gasteiger partial charge < -0.3 is 15.7 Å². The fraction of sp³-hybridized carbons (Fsp3) is 0.800. The van der Waals surface area contributed by atoms with Crippen LogP contribution in [0.1, 0.15) is 90.9 Å². The number of unbranched alkanes of at least 4 members (excludes halogenated alkanes) is 6. The van der Waals surface area contributed by atoms with Gasteiger partial charge in [-0.3, -0.25) is 9.59 Å². The molecule has 0 aliphatic heterocycles. The summed E-state index contributed by atoms with van der Waals surface area (Å²) >= 11 is 0. The number of aliphatic carboxylic acids is 1. The average Bonchev–Trinajstić information content (AvgIpc) is 2.63. The third-order valence-corrected chi connectivity index (χ3v) is 4.15. The van der Waals surface area contributed by atoms with Crippen molar-refractivity contribution in [3.63, 3.8) is 0 Å². The molecule has 0 saturated carbocycles. The van der Waals surface area contributed by atoms with Gasteiger partial charge in [0, 0.05) is 31.8 Å². The van der Waals surface area contributed by atoms with Crippen molar-refractivity contribution in [3.05, 3.63) is 0 Å². The summed E-state index contributed by atoms with van der Waals surface area (Å²) in [6.45, 7) is 4.56. The molecule has 8 heteroatoms. The van der Waals surface area contributed by atoms with E-state index in [-0.39, 0.29) is 24.6 Å². The van der Waals surface area contributed by atoms with Crippen LogP contribution in [0.15, 0.2) is 0 Å². The normalized spacial score (nSPS) is 10.8. The minimum absolute atomic E-state index is 0.0543. The van der Waals surface area contributed by atoms with E-state index in [2.05, 4.69) is 17.6 Å². The molecule has 0 aromatic heterocycles. The first-order valence-corrected chi connectivity index (χ1v) is 10.1. The maximum Gasteiger partial charge on any atom is 0.373 e. The van der Waals surface area contributed by atoms with Gasteiger partial charge in [0.2, 0.25) is 0 Å². The standard InChI is InChI=1S/C19H36N2O4.CO2/c1-3-4-5-8-11-17(22)12-9-6-7-10-15-20-19(25)21-16(2)13-14-18(23)24;2-1-3/h16H,3-15H2,1-2H3,(H,23,24)(H2,20,21,25);. The van der Waals surface area contributed by atoms with Crippen LogP contribution < -0.4 is 10.6 Å². The third kappa shape index (κ3) is 23.8. The average molecular weight is 401 g/mol. The van der Waals surface area contributed by atoms with Gasteiger partial charge in [-0.05, 0) is 32.6 Å². The molecule has 162 valence electrons. The summed E-state index contributed by atoms with van der Waals surface area (Å²) in [5, 5.41) is 14.1. The van der Waals surface area contributed by atoms with Crippen molar-refractivity contribution in [2.24, 2.45) is 0 Å². The number of urea groups is 1. The van der Waals surface area contributed by atoms with Crippen molar-refractivity contribution < 1.29 is 29.1 Å². The number of carbonyl (C=O) groups excluding carboxylic acids is 4. The molecule has 2 amide bonds. The number of hydrogen-bond donors (Lipinski definition) is 3. The predicted octanol–water partition coefficient (Wildman–Crippen LogP) is 3.45. The first kappa shape index (κ1) is 28.0. The summed E-state index contributed by atoms with van der Waals surface area (Å²) in [7, 11) is 0. The smallest absolute Gasteiger partial charge is 0.373 e. The van der Waals surface area contributed by atoms with Crippen molar-refractivity contribution >= 4 is 23.9 Å². The molecule has 0 heterocycles. The Morgan fingerprint density at radius 3 is 1.96 bits per heavy atom. The quantitative estimate of drug-likeness (QED) is 0.340. The van der Waals surface area contributed by atoms with E-state index in [1.54, 1.807) is 6.92 Å². The monoisotopic (exact) mass is 400 g/mol. The Balaban J connectivity index is 0. The molecule has 0 saturated heterocycles. The zero-order valence-electron chi connectivity index (χ0n) is 17.3. The number of amides is 2. The molecule has 0 rings (SSSR count). The lowest BCUT2D eigenvalue weighted by molar-refractivity contribution is -0.191. The Bertz CT molecular complexity index is 462. The third-order valence-electron chi connectivity index (χ3n) is 4.15. The lowest BCUT2D eigenvalue weighted by atomic mass is 10.0. The maximum atomic E-state index is 11.7. The first-order valence-electron chi connectivity index (χ1n) is 10.1. The summed E-state index contributed by atoms with van der Waals surface area (Å²) in [4.78, 5) is 50.0. The van der Waals surface area contributed by atoms with Gasteiger partial charge in [0.15, 0.2) is 0 Å².